The van der Waals surface area contributed by atoms with Crippen molar-refractivity contribution in [3.63, 3.8) is 0 Å². The molecule has 0 N–H and O–H groups in total. The summed E-state index contributed by atoms with van der Waals surface area (Å²) in [5.41, 5.74) is -1.60. The molecule has 0 aromatic heterocycles. The normalized spacial score (nSPS) is 36.6. The molecule has 0 saturated heterocycles. The summed E-state index contributed by atoms with van der Waals surface area (Å²) in [5, 5.41) is 0. The molecule has 4 aliphatic carbocycles. The molecule has 0 aliphatic heterocycles. The highest BCUT2D eigenvalue weighted by Crippen LogP contribution is 2.46. The fourth-order valence-electron chi connectivity index (χ4n) is 5.38. The number of Topliss-reactive ketones (excluding diaryl/α,β-unsaturated/α-hetero) is 1. The van der Waals surface area contributed by atoms with Crippen LogP contribution in [0.15, 0.2) is 24.3 Å². The maximum absolute atomic E-state index is 13.0. The van der Waals surface area contributed by atoms with Crippen molar-refractivity contribution in [1.29, 1.82) is 0 Å². The van der Waals surface area contributed by atoms with Gasteiger partial charge in [-0.05, 0) is 77.0 Å². The Morgan fingerprint density at radius 2 is 1.41 bits per heavy atom. The molecule has 148 valence electrons. The van der Waals surface area contributed by atoms with Gasteiger partial charge in [-0.25, -0.2) is 0 Å². The van der Waals surface area contributed by atoms with Gasteiger partial charge in [0.2, 0.25) is 0 Å². The van der Waals surface area contributed by atoms with E-state index in [9.17, 15) is 9.59 Å². The minimum Gasteiger partial charge on any atom is -0.457 e. The van der Waals surface area contributed by atoms with Crippen molar-refractivity contribution in [3.05, 3.63) is 24.3 Å². The number of carbonyl (C=O) groups is 2. The van der Waals surface area contributed by atoms with Crippen molar-refractivity contribution in [2.24, 2.45) is 35.5 Å². The van der Waals surface area contributed by atoms with Gasteiger partial charge in [-0.3, -0.25) is 9.59 Å². The predicted molar refractivity (Wildman–Crippen MR) is 103 cm³/mol. The van der Waals surface area contributed by atoms with Gasteiger partial charge >= 0.3 is 5.97 Å². The number of hydrogen-bond donors (Lipinski definition) is 0. The summed E-state index contributed by atoms with van der Waals surface area (Å²) in [5.74, 6) is 1.93. The van der Waals surface area contributed by atoms with Crippen LogP contribution in [0.4, 0.5) is 0 Å². The Bertz CT molecular complexity index is 686. The van der Waals surface area contributed by atoms with E-state index in [0.29, 0.717) is 23.7 Å². The van der Waals surface area contributed by atoms with Crippen LogP contribution >= 0.6 is 0 Å². The largest absolute Gasteiger partial charge is 0.457 e. The molecule has 0 spiro atoms. The summed E-state index contributed by atoms with van der Waals surface area (Å²) in [6.45, 7) is 7.67. The van der Waals surface area contributed by atoms with Gasteiger partial charge in [0.25, 0.3) is 0 Å². The van der Waals surface area contributed by atoms with E-state index in [-0.39, 0.29) is 30.2 Å². The highest BCUT2D eigenvalue weighted by atomic mass is 16.6. The lowest BCUT2D eigenvalue weighted by Gasteiger charge is -2.34. The molecular weight excluding hydrogens is 340 g/mol. The van der Waals surface area contributed by atoms with E-state index >= 15 is 0 Å². The second-order valence-electron chi connectivity index (χ2n) is 10.1. The number of ether oxygens (including phenoxy) is 2. The van der Waals surface area contributed by atoms with Crippen molar-refractivity contribution < 1.29 is 19.1 Å². The van der Waals surface area contributed by atoms with Crippen molar-refractivity contribution >= 4 is 11.8 Å². The molecule has 0 heterocycles. The predicted octanol–water partition coefficient (Wildman–Crippen LogP) is 4.10. The zero-order valence-corrected chi connectivity index (χ0v) is 16.9. The van der Waals surface area contributed by atoms with E-state index in [1.54, 1.807) is 0 Å². The van der Waals surface area contributed by atoms with Gasteiger partial charge in [-0.15, -0.1) is 0 Å². The van der Waals surface area contributed by atoms with Crippen LogP contribution in [0.25, 0.3) is 0 Å². The molecule has 0 amide bonds. The van der Waals surface area contributed by atoms with Gasteiger partial charge in [0.1, 0.15) is 11.2 Å². The molecule has 2 saturated carbocycles. The second-order valence-corrected chi connectivity index (χ2v) is 10.1. The van der Waals surface area contributed by atoms with E-state index in [2.05, 4.69) is 24.3 Å². The Balaban J connectivity index is 1.31. The third kappa shape index (κ3) is 3.65. The van der Waals surface area contributed by atoms with Crippen LogP contribution in [-0.2, 0) is 19.1 Å². The van der Waals surface area contributed by atoms with Gasteiger partial charge in [-0.2, -0.15) is 0 Å². The summed E-state index contributed by atoms with van der Waals surface area (Å²) in [6.07, 6.45) is 12.9. The Hall–Kier alpha value is -1.42. The Morgan fingerprint density at radius 3 is 1.89 bits per heavy atom. The van der Waals surface area contributed by atoms with Crippen LogP contribution < -0.4 is 0 Å². The third-order valence-electron chi connectivity index (χ3n) is 6.95. The fraction of sp³-hybridized carbons (Fsp3) is 0.739. The molecule has 4 nitrogen and oxygen atoms in total. The molecule has 4 aliphatic rings. The lowest BCUT2D eigenvalue weighted by molar-refractivity contribution is -0.176. The summed E-state index contributed by atoms with van der Waals surface area (Å²) in [4.78, 5) is 25.6. The smallest absolute Gasteiger partial charge is 0.310 e. The van der Waals surface area contributed by atoms with Crippen LogP contribution in [0.3, 0.4) is 0 Å². The summed E-state index contributed by atoms with van der Waals surface area (Å²) < 4.78 is 11.8. The van der Waals surface area contributed by atoms with Crippen LogP contribution in [-0.4, -0.2) is 29.6 Å². The van der Waals surface area contributed by atoms with E-state index in [1.807, 2.05) is 27.7 Å². The molecule has 0 aromatic rings. The summed E-state index contributed by atoms with van der Waals surface area (Å²) >= 11 is 0. The number of carbonyl (C=O) groups excluding carboxylic acids is 2. The Morgan fingerprint density at radius 1 is 0.852 bits per heavy atom. The molecule has 27 heavy (non-hydrogen) atoms. The molecule has 0 radical (unpaired) electrons. The number of esters is 1. The number of ketones is 1. The molecule has 2 fully saturated rings. The standard InChI is InChI=1S/C23H32O4/c1-22(2,27-21(25)19-12-15-6-8-17(19)10-15)13-26-23(3,4)20(24)18-11-14-5-7-16(18)9-14/h5-8,14-19H,9-13H2,1-4H3. The van der Waals surface area contributed by atoms with Crippen molar-refractivity contribution in [2.45, 2.75) is 64.6 Å². The van der Waals surface area contributed by atoms with Gasteiger partial charge in [0, 0.05) is 5.92 Å². The van der Waals surface area contributed by atoms with E-state index in [0.717, 1.165) is 25.7 Å². The minimum atomic E-state index is -0.859. The number of allylic oxidation sites excluding steroid dienone is 4. The number of fused-ring (bicyclic) bond motifs is 4. The number of hydrogen-bond acceptors (Lipinski definition) is 4. The van der Waals surface area contributed by atoms with E-state index in [1.165, 1.54) is 0 Å². The lowest BCUT2D eigenvalue weighted by atomic mass is 9.82. The third-order valence-corrected chi connectivity index (χ3v) is 6.95. The average Bonchev–Trinajstić information content (AvgIpc) is 3.39. The highest BCUT2D eigenvalue weighted by Gasteiger charge is 2.46. The van der Waals surface area contributed by atoms with Crippen molar-refractivity contribution in [2.75, 3.05) is 6.61 Å². The molecule has 4 heteroatoms. The highest BCUT2D eigenvalue weighted by molar-refractivity contribution is 5.89. The van der Waals surface area contributed by atoms with Crippen molar-refractivity contribution in [3.8, 4) is 0 Å². The second kappa shape index (κ2) is 6.58. The van der Waals surface area contributed by atoms with Crippen LogP contribution in [0, 0.1) is 35.5 Å². The van der Waals surface area contributed by atoms with E-state index < -0.39 is 11.2 Å². The maximum atomic E-state index is 13.0. The van der Waals surface area contributed by atoms with Gasteiger partial charge in [0.05, 0.1) is 12.5 Å². The van der Waals surface area contributed by atoms with Crippen molar-refractivity contribution in [1.82, 2.24) is 0 Å². The lowest BCUT2D eigenvalue weighted by Crippen LogP contribution is -2.45. The first kappa shape index (κ1) is 18.9. The molecule has 4 bridgehead atoms. The van der Waals surface area contributed by atoms with Crippen LogP contribution in [0.1, 0.15) is 53.4 Å². The summed E-state index contributed by atoms with van der Waals surface area (Å²) in [7, 11) is 0. The molecular formula is C23H32O4. The topological polar surface area (TPSA) is 52.6 Å². The van der Waals surface area contributed by atoms with Gasteiger partial charge in [-0.1, -0.05) is 24.3 Å². The molecule has 6 atom stereocenters. The average molecular weight is 373 g/mol. The maximum Gasteiger partial charge on any atom is 0.310 e. The summed E-state index contributed by atoms with van der Waals surface area (Å²) in [6, 6.07) is 0. The Labute approximate surface area is 162 Å². The number of rotatable bonds is 7. The first-order valence-electron chi connectivity index (χ1n) is 10.4. The first-order valence-corrected chi connectivity index (χ1v) is 10.4. The monoisotopic (exact) mass is 372 g/mol. The van der Waals surface area contributed by atoms with Gasteiger partial charge in [0.15, 0.2) is 5.78 Å². The minimum absolute atomic E-state index is 0.0188. The SMILES string of the molecule is CC(C)(COC(C)(C)C(=O)C1CC2C=CC1C2)OC(=O)C1CC2C=CC1C2. The quantitative estimate of drug-likeness (QED) is 0.499. The van der Waals surface area contributed by atoms with Crippen LogP contribution in [0.5, 0.6) is 0 Å². The van der Waals surface area contributed by atoms with E-state index in [4.69, 9.17) is 9.47 Å². The molecule has 4 rings (SSSR count). The zero-order chi connectivity index (χ0) is 19.4. The molecule has 0 aromatic carbocycles. The zero-order valence-electron chi connectivity index (χ0n) is 16.9. The van der Waals surface area contributed by atoms with Gasteiger partial charge < -0.3 is 9.47 Å². The molecule has 6 unspecified atom stereocenters. The Kier molecular flexibility index (Phi) is 4.61. The fourth-order valence-corrected chi connectivity index (χ4v) is 5.38. The first-order chi connectivity index (χ1) is 12.6. The van der Waals surface area contributed by atoms with Crippen LogP contribution in [0.2, 0.25) is 0 Å².